The quantitative estimate of drug-likeness (QED) is 0.716. The number of esters is 1. The van der Waals surface area contributed by atoms with Gasteiger partial charge in [-0.3, -0.25) is 14.4 Å². The number of nitrogens with one attached hydrogen (secondary N) is 1. The number of amides is 2. The molecule has 0 radical (unpaired) electrons. The van der Waals surface area contributed by atoms with Crippen LogP contribution in [0.2, 0.25) is 5.02 Å². The number of hydrogen-bond acceptors (Lipinski definition) is 5. The molecule has 154 valence electrons. The highest BCUT2D eigenvalue weighted by Crippen LogP contribution is 2.26. The zero-order chi connectivity index (χ0) is 21.7. The molecular weight excluding hydrogens is 406 g/mol. The Labute approximate surface area is 179 Å². The first-order valence-corrected chi connectivity index (χ1v) is 9.84. The molecule has 1 fully saturated rings. The van der Waals surface area contributed by atoms with Crippen LogP contribution in [0.3, 0.4) is 0 Å². The Kier molecular flexibility index (Phi) is 6.70. The van der Waals surface area contributed by atoms with Gasteiger partial charge in [-0.25, -0.2) is 0 Å². The van der Waals surface area contributed by atoms with Crippen LogP contribution >= 0.6 is 11.6 Å². The summed E-state index contributed by atoms with van der Waals surface area (Å²) in [7, 11) is 0. The minimum Gasteiger partial charge on any atom is -0.455 e. The Balaban J connectivity index is 1.55. The molecule has 2 amide bonds. The van der Waals surface area contributed by atoms with E-state index in [1.54, 1.807) is 4.90 Å². The molecule has 8 heteroatoms. The number of ether oxygens (including phenoxy) is 1. The van der Waals surface area contributed by atoms with Crippen molar-refractivity contribution in [3.8, 4) is 6.07 Å². The van der Waals surface area contributed by atoms with Crippen molar-refractivity contribution in [1.82, 2.24) is 0 Å². The Hall–Kier alpha value is -3.37. The Morgan fingerprint density at radius 1 is 1.27 bits per heavy atom. The van der Waals surface area contributed by atoms with Gasteiger partial charge >= 0.3 is 5.97 Å². The van der Waals surface area contributed by atoms with Gasteiger partial charge < -0.3 is 15.0 Å². The van der Waals surface area contributed by atoms with Crippen molar-refractivity contribution >= 4 is 40.8 Å². The third kappa shape index (κ3) is 4.97. The summed E-state index contributed by atoms with van der Waals surface area (Å²) in [5, 5.41) is 12.0. The Bertz CT molecular complexity index is 1010. The lowest BCUT2D eigenvalue weighted by atomic mass is 10.1. The molecule has 1 saturated heterocycles. The van der Waals surface area contributed by atoms with E-state index >= 15 is 0 Å². The van der Waals surface area contributed by atoms with E-state index in [0.717, 1.165) is 17.7 Å². The highest BCUT2D eigenvalue weighted by Gasteiger charge is 2.36. The number of carbonyl (C=O) groups excluding carboxylic acids is 3. The van der Waals surface area contributed by atoms with Crippen molar-refractivity contribution < 1.29 is 19.1 Å². The third-order valence-corrected chi connectivity index (χ3v) is 5.07. The predicted molar refractivity (Wildman–Crippen MR) is 112 cm³/mol. The van der Waals surface area contributed by atoms with Gasteiger partial charge in [0.25, 0.3) is 5.91 Å². The molecule has 1 aliphatic rings. The summed E-state index contributed by atoms with van der Waals surface area (Å²) in [6, 6.07) is 14.0. The topological polar surface area (TPSA) is 99.5 Å². The van der Waals surface area contributed by atoms with Gasteiger partial charge in [-0.05, 0) is 42.3 Å². The maximum atomic E-state index is 12.3. The molecule has 0 spiro atoms. The summed E-state index contributed by atoms with van der Waals surface area (Å²) < 4.78 is 5.09. The second kappa shape index (κ2) is 9.42. The zero-order valence-electron chi connectivity index (χ0n) is 16.4. The van der Waals surface area contributed by atoms with Crippen molar-refractivity contribution in [2.45, 2.75) is 19.8 Å². The predicted octanol–water partition coefficient (Wildman–Crippen LogP) is 3.31. The van der Waals surface area contributed by atoms with Crippen LogP contribution in [0.5, 0.6) is 0 Å². The number of nitrogens with zero attached hydrogens (tertiary/aromatic N) is 2. The van der Waals surface area contributed by atoms with E-state index in [-0.39, 0.29) is 30.1 Å². The monoisotopic (exact) mass is 425 g/mol. The molecule has 2 aromatic carbocycles. The molecule has 1 N–H and O–H groups in total. The van der Waals surface area contributed by atoms with E-state index in [1.807, 2.05) is 37.3 Å². The van der Waals surface area contributed by atoms with Crippen LogP contribution in [-0.4, -0.2) is 30.9 Å². The van der Waals surface area contributed by atoms with Gasteiger partial charge in [-0.1, -0.05) is 30.7 Å². The number of nitriles is 1. The fraction of sp³-hybridized carbons (Fsp3) is 0.273. The van der Waals surface area contributed by atoms with Crippen LogP contribution in [0.25, 0.3) is 0 Å². The summed E-state index contributed by atoms with van der Waals surface area (Å²) in [6.07, 6.45) is 0.930. The highest BCUT2D eigenvalue weighted by atomic mass is 35.5. The van der Waals surface area contributed by atoms with Crippen LogP contribution < -0.4 is 10.2 Å². The number of benzene rings is 2. The molecule has 0 aromatic heterocycles. The van der Waals surface area contributed by atoms with E-state index in [0.29, 0.717) is 5.02 Å². The Morgan fingerprint density at radius 2 is 2.00 bits per heavy atom. The molecule has 1 aliphatic heterocycles. The summed E-state index contributed by atoms with van der Waals surface area (Å²) in [6.45, 7) is 1.73. The SMILES string of the molecule is CCc1ccc(N2CC(C(=O)OCC(=O)Nc3cc(Cl)ccc3C#N)CC2=O)cc1. The molecule has 1 heterocycles. The number of carbonyl (C=O) groups is 3. The molecular formula is C22H20ClN3O4. The number of aryl methyl sites for hydroxylation is 1. The minimum atomic E-state index is -0.642. The smallest absolute Gasteiger partial charge is 0.311 e. The van der Waals surface area contributed by atoms with Crippen LogP contribution in [0.15, 0.2) is 42.5 Å². The van der Waals surface area contributed by atoms with Gasteiger partial charge in [0.15, 0.2) is 6.61 Å². The molecule has 30 heavy (non-hydrogen) atoms. The van der Waals surface area contributed by atoms with Crippen molar-refractivity contribution in [1.29, 1.82) is 5.26 Å². The minimum absolute atomic E-state index is 0.0306. The number of rotatable bonds is 6. The van der Waals surface area contributed by atoms with Gasteiger partial charge in [-0.15, -0.1) is 0 Å². The molecule has 1 unspecified atom stereocenters. The van der Waals surface area contributed by atoms with Crippen molar-refractivity contribution in [2.24, 2.45) is 5.92 Å². The van der Waals surface area contributed by atoms with Crippen molar-refractivity contribution in [2.75, 3.05) is 23.4 Å². The van der Waals surface area contributed by atoms with E-state index in [9.17, 15) is 14.4 Å². The van der Waals surface area contributed by atoms with Crippen LogP contribution in [0, 0.1) is 17.2 Å². The molecule has 7 nitrogen and oxygen atoms in total. The molecule has 0 bridgehead atoms. The van der Waals surface area contributed by atoms with Crippen LogP contribution in [0.1, 0.15) is 24.5 Å². The van der Waals surface area contributed by atoms with Crippen LogP contribution in [-0.2, 0) is 25.5 Å². The fourth-order valence-electron chi connectivity index (χ4n) is 3.18. The standard InChI is InChI=1S/C22H20ClN3O4/c1-2-14-3-7-18(8-4-14)26-12-16(9-21(26)28)22(29)30-13-20(27)25-19-10-17(23)6-5-15(19)11-24/h3-8,10,16H,2,9,12-13H2,1H3,(H,25,27). The number of halogens is 1. The van der Waals surface area contributed by atoms with E-state index < -0.39 is 24.4 Å². The van der Waals surface area contributed by atoms with Gasteiger partial charge in [-0.2, -0.15) is 5.26 Å². The van der Waals surface area contributed by atoms with Gasteiger partial charge in [0, 0.05) is 23.7 Å². The Morgan fingerprint density at radius 3 is 2.67 bits per heavy atom. The average Bonchev–Trinajstić information content (AvgIpc) is 3.14. The van der Waals surface area contributed by atoms with Crippen LogP contribution in [0.4, 0.5) is 11.4 Å². The fourth-order valence-corrected chi connectivity index (χ4v) is 3.36. The lowest BCUT2D eigenvalue weighted by Crippen LogP contribution is -2.28. The largest absolute Gasteiger partial charge is 0.455 e. The van der Waals surface area contributed by atoms with Gasteiger partial charge in [0.2, 0.25) is 5.91 Å². The van der Waals surface area contributed by atoms with E-state index in [1.165, 1.54) is 18.2 Å². The lowest BCUT2D eigenvalue weighted by molar-refractivity contribution is -0.151. The maximum absolute atomic E-state index is 12.3. The molecule has 2 aromatic rings. The second-order valence-corrected chi connectivity index (χ2v) is 7.32. The average molecular weight is 426 g/mol. The zero-order valence-corrected chi connectivity index (χ0v) is 17.1. The molecule has 0 aliphatic carbocycles. The molecule has 0 saturated carbocycles. The summed E-state index contributed by atoms with van der Waals surface area (Å²) in [5.41, 5.74) is 2.37. The number of hydrogen-bond donors (Lipinski definition) is 1. The summed E-state index contributed by atoms with van der Waals surface area (Å²) in [5.74, 6) is -2.02. The normalized spacial score (nSPS) is 15.6. The second-order valence-electron chi connectivity index (χ2n) is 6.88. The maximum Gasteiger partial charge on any atom is 0.311 e. The van der Waals surface area contributed by atoms with Gasteiger partial charge in [0.1, 0.15) is 6.07 Å². The lowest BCUT2D eigenvalue weighted by Gasteiger charge is -2.17. The molecule has 3 rings (SSSR count). The number of anilines is 2. The van der Waals surface area contributed by atoms with Crippen molar-refractivity contribution in [3.05, 3.63) is 58.6 Å². The third-order valence-electron chi connectivity index (χ3n) is 4.84. The van der Waals surface area contributed by atoms with E-state index in [2.05, 4.69) is 5.32 Å². The molecule has 1 atom stereocenters. The highest BCUT2D eigenvalue weighted by molar-refractivity contribution is 6.31. The van der Waals surface area contributed by atoms with Crippen molar-refractivity contribution in [3.63, 3.8) is 0 Å². The summed E-state index contributed by atoms with van der Waals surface area (Å²) >= 11 is 5.88. The van der Waals surface area contributed by atoms with Gasteiger partial charge in [0.05, 0.1) is 17.2 Å². The summed E-state index contributed by atoms with van der Waals surface area (Å²) in [4.78, 5) is 38.3. The van der Waals surface area contributed by atoms with E-state index in [4.69, 9.17) is 21.6 Å². The first kappa shape index (κ1) is 21.3. The first-order valence-electron chi connectivity index (χ1n) is 9.46. The first-order chi connectivity index (χ1) is 14.4.